The lowest BCUT2D eigenvalue weighted by molar-refractivity contribution is 0.0299. The minimum absolute atomic E-state index is 0.108. The van der Waals surface area contributed by atoms with E-state index in [0.717, 1.165) is 6.42 Å². The highest BCUT2D eigenvalue weighted by atomic mass is 31.2. The molecule has 1 heterocycles. The second-order valence-corrected chi connectivity index (χ2v) is 7.22. The molecule has 0 bridgehead atoms. The summed E-state index contributed by atoms with van der Waals surface area (Å²) in [4.78, 5) is 0. The first-order valence-corrected chi connectivity index (χ1v) is 7.00. The predicted octanol–water partition coefficient (Wildman–Crippen LogP) is 1.49. The molecule has 0 aromatic carbocycles. The fourth-order valence-electron chi connectivity index (χ4n) is 1.48. The van der Waals surface area contributed by atoms with Gasteiger partial charge in [-0.3, -0.25) is 0 Å². The van der Waals surface area contributed by atoms with Gasteiger partial charge in [0.25, 0.3) is 0 Å². The molecule has 1 rings (SSSR count). The Balaban J connectivity index is 2.60. The van der Waals surface area contributed by atoms with Crippen LogP contribution < -0.4 is 0 Å². The zero-order valence-electron chi connectivity index (χ0n) is 7.86. The van der Waals surface area contributed by atoms with Gasteiger partial charge in [0.2, 0.25) is 0 Å². The van der Waals surface area contributed by atoms with E-state index in [1.807, 2.05) is 6.92 Å². The van der Waals surface area contributed by atoms with Crippen LogP contribution in [0.2, 0.25) is 0 Å². The van der Waals surface area contributed by atoms with E-state index in [4.69, 9.17) is 4.74 Å². The normalized spacial score (nSPS) is 37.2. The summed E-state index contributed by atoms with van der Waals surface area (Å²) < 4.78 is 17.1. The van der Waals surface area contributed by atoms with Crippen LogP contribution in [0.1, 0.15) is 19.8 Å². The smallest absolute Gasteiger partial charge is 0.113 e. The van der Waals surface area contributed by atoms with Crippen LogP contribution in [0.3, 0.4) is 0 Å². The summed E-state index contributed by atoms with van der Waals surface area (Å²) in [5.41, 5.74) is 0. The fourth-order valence-corrected chi connectivity index (χ4v) is 2.65. The van der Waals surface area contributed by atoms with Crippen molar-refractivity contribution in [2.45, 2.75) is 37.8 Å². The van der Waals surface area contributed by atoms with Gasteiger partial charge in [0.15, 0.2) is 0 Å². The Labute approximate surface area is 73.5 Å². The molecule has 0 radical (unpaired) electrons. The van der Waals surface area contributed by atoms with Gasteiger partial charge in [-0.05, 0) is 19.8 Å². The molecule has 0 saturated carbocycles. The van der Waals surface area contributed by atoms with Crippen molar-refractivity contribution in [2.75, 3.05) is 13.3 Å². The van der Waals surface area contributed by atoms with E-state index in [0.29, 0.717) is 6.42 Å². The number of ether oxygens (including phenoxy) is 1. The summed E-state index contributed by atoms with van der Waals surface area (Å²) in [6.07, 6.45) is 0.789. The molecule has 72 valence electrons. The Morgan fingerprint density at radius 1 is 1.58 bits per heavy atom. The SMILES string of the molecule is CC[C@H]1O[C@@H](P(C)(C)=O)C[C@@H]1O. The molecule has 1 aliphatic heterocycles. The number of hydrogen-bond donors (Lipinski definition) is 1. The van der Waals surface area contributed by atoms with Gasteiger partial charge in [0.05, 0.1) is 12.2 Å². The highest BCUT2D eigenvalue weighted by Gasteiger charge is 2.38. The van der Waals surface area contributed by atoms with Gasteiger partial charge in [-0.2, -0.15) is 0 Å². The van der Waals surface area contributed by atoms with E-state index in [9.17, 15) is 9.67 Å². The van der Waals surface area contributed by atoms with Crippen LogP contribution in [-0.2, 0) is 9.30 Å². The molecule has 4 heteroatoms. The molecule has 1 saturated heterocycles. The molecule has 0 spiro atoms. The van der Waals surface area contributed by atoms with Crippen molar-refractivity contribution in [2.24, 2.45) is 0 Å². The molecule has 0 amide bonds. The standard InChI is InChI=1S/C8H17O3P/c1-4-7-6(9)5-8(11-7)12(2,3)10/h6-9H,4-5H2,1-3H3/t6-,7+,8-/m0/s1. The summed E-state index contributed by atoms with van der Waals surface area (Å²) in [6, 6.07) is 0. The van der Waals surface area contributed by atoms with Crippen molar-refractivity contribution in [3.63, 3.8) is 0 Å². The van der Waals surface area contributed by atoms with Gasteiger partial charge in [0, 0.05) is 6.42 Å². The van der Waals surface area contributed by atoms with Crippen LogP contribution in [-0.4, -0.2) is 36.5 Å². The van der Waals surface area contributed by atoms with Gasteiger partial charge < -0.3 is 14.4 Å². The Morgan fingerprint density at radius 3 is 2.42 bits per heavy atom. The zero-order chi connectivity index (χ0) is 9.35. The highest BCUT2D eigenvalue weighted by molar-refractivity contribution is 7.62. The Hall–Kier alpha value is 0.150. The molecule has 3 nitrogen and oxygen atoms in total. The third-order valence-electron chi connectivity index (χ3n) is 2.30. The van der Waals surface area contributed by atoms with E-state index in [1.54, 1.807) is 13.3 Å². The van der Waals surface area contributed by atoms with E-state index in [1.165, 1.54) is 0 Å². The molecular formula is C8H17O3P. The minimum atomic E-state index is -2.18. The Morgan fingerprint density at radius 2 is 2.17 bits per heavy atom. The minimum Gasteiger partial charge on any atom is -0.390 e. The van der Waals surface area contributed by atoms with E-state index in [-0.39, 0.29) is 11.9 Å². The summed E-state index contributed by atoms with van der Waals surface area (Å²) >= 11 is 0. The largest absolute Gasteiger partial charge is 0.390 e. The summed E-state index contributed by atoms with van der Waals surface area (Å²) in [5, 5.41) is 9.48. The van der Waals surface area contributed by atoms with Crippen LogP contribution in [0.25, 0.3) is 0 Å². The van der Waals surface area contributed by atoms with Crippen molar-refractivity contribution < 1.29 is 14.4 Å². The van der Waals surface area contributed by atoms with Gasteiger partial charge >= 0.3 is 0 Å². The maximum atomic E-state index is 11.6. The topological polar surface area (TPSA) is 46.5 Å². The molecular weight excluding hydrogens is 175 g/mol. The molecule has 1 N–H and O–H groups in total. The maximum absolute atomic E-state index is 11.6. The molecule has 3 atom stereocenters. The Bertz CT molecular complexity index is 198. The lowest BCUT2D eigenvalue weighted by atomic mass is 10.1. The first-order valence-electron chi connectivity index (χ1n) is 4.33. The number of rotatable bonds is 2. The number of aliphatic hydroxyl groups excluding tert-OH is 1. The molecule has 0 aliphatic carbocycles. The molecule has 0 aromatic rings. The van der Waals surface area contributed by atoms with E-state index >= 15 is 0 Å². The zero-order valence-corrected chi connectivity index (χ0v) is 8.75. The van der Waals surface area contributed by atoms with Crippen LogP contribution in [0.15, 0.2) is 0 Å². The van der Waals surface area contributed by atoms with Crippen molar-refractivity contribution in [3.8, 4) is 0 Å². The van der Waals surface area contributed by atoms with E-state index < -0.39 is 13.2 Å². The first kappa shape index (κ1) is 10.2. The van der Waals surface area contributed by atoms with Gasteiger partial charge in [-0.25, -0.2) is 0 Å². The molecule has 0 aromatic heterocycles. The molecule has 0 unspecified atom stereocenters. The summed E-state index contributed by atoms with van der Waals surface area (Å²) in [6.45, 7) is 5.39. The van der Waals surface area contributed by atoms with Crippen molar-refractivity contribution in [3.05, 3.63) is 0 Å². The third-order valence-corrected chi connectivity index (χ3v) is 4.02. The number of hydrogen-bond acceptors (Lipinski definition) is 3. The summed E-state index contributed by atoms with van der Waals surface area (Å²) in [7, 11) is -2.18. The lowest BCUT2D eigenvalue weighted by Crippen LogP contribution is -2.19. The van der Waals surface area contributed by atoms with E-state index in [2.05, 4.69) is 0 Å². The predicted molar refractivity (Wildman–Crippen MR) is 49.0 cm³/mol. The average Bonchev–Trinajstić information content (AvgIpc) is 2.29. The quantitative estimate of drug-likeness (QED) is 0.674. The summed E-state index contributed by atoms with van der Waals surface area (Å²) in [5.74, 6) is -0.225. The Kier molecular flexibility index (Phi) is 2.97. The molecule has 1 aliphatic rings. The number of aliphatic hydroxyl groups is 1. The van der Waals surface area contributed by atoms with Crippen molar-refractivity contribution in [1.82, 2.24) is 0 Å². The average molecular weight is 192 g/mol. The van der Waals surface area contributed by atoms with Crippen LogP contribution >= 0.6 is 7.14 Å². The highest BCUT2D eigenvalue weighted by Crippen LogP contribution is 2.49. The van der Waals surface area contributed by atoms with Gasteiger partial charge in [-0.15, -0.1) is 0 Å². The third kappa shape index (κ3) is 2.09. The van der Waals surface area contributed by atoms with Gasteiger partial charge in [0.1, 0.15) is 13.0 Å². The van der Waals surface area contributed by atoms with Crippen molar-refractivity contribution >= 4 is 7.14 Å². The van der Waals surface area contributed by atoms with Crippen molar-refractivity contribution in [1.29, 1.82) is 0 Å². The second kappa shape index (κ2) is 3.49. The van der Waals surface area contributed by atoms with Crippen LogP contribution in [0, 0.1) is 0 Å². The molecule has 12 heavy (non-hydrogen) atoms. The van der Waals surface area contributed by atoms with Crippen LogP contribution in [0.4, 0.5) is 0 Å². The second-order valence-electron chi connectivity index (χ2n) is 3.77. The van der Waals surface area contributed by atoms with Crippen LogP contribution in [0.5, 0.6) is 0 Å². The first-order chi connectivity index (χ1) is 5.45. The lowest BCUT2D eigenvalue weighted by Gasteiger charge is -2.15. The molecule has 1 fully saturated rings. The monoisotopic (exact) mass is 192 g/mol. The van der Waals surface area contributed by atoms with Gasteiger partial charge in [-0.1, -0.05) is 6.92 Å². The maximum Gasteiger partial charge on any atom is 0.113 e. The fraction of sp³-hybridized carbons (Fsp3) is 1.00.